The first-order chi connectivity index (χ1) is 10.8. The van der Waals surface area contributed by atoms with Crippen LogP contribution in [0.1, 0.15) is 18.2 Å². The highest BCUT2D eigenvalue weighted by Crippen LogP contribution is 2.14. The molecular weight excluding hydrogens is 300 g/mol. The van der Waals surface area contributed by atoms with E-state index in [4.69, 9.17) is 4.74 Å². The summed E-state index contributed by atoms with van der Waals surface area (Å²) in [6.45, 7) is 2.84. The molecule has 0 unspecified atom stereocenters. The van der Waals surface area contributed by atoms with Gasteiger partial charge in [0.2, 0.25) is 11.8 Å². The van der Waals surface area contributed by atoms with Crippen molar-refractivity contribution in [2.75, 3.05) is 6.61 Å². The van der Waals surface area contributed by atoms with Crippen molar-refractivity contribution in [2.45, 2.75) is 19.9 Å². The Morgan fingerprint density at radius 3 is 3.23 bits per heavy atom. The molecule has 0 spiro atoms. The Morgan fingerprint density at radius 2 is 2.41 bits per heavy atom. The normalized spacial score (nSPS) is 10.8. The third kappa shape index (κ3) is 3.25. The summed E-state index contributed by atoms with van der Waals surface area (Å²) in [6.07, 6.45) is 5.74. The van der Waals surface area contributed by atoms with E-state index in [1.165, 1.54) is 0 Å². The summed E-state index contributed by atoms with van der Waals surface area (Å²) in [6, 6.07) is 3.72. The molecule has 114 valence electrons. The molecule has 1 amide bonds. The topological polar surface area (TPSA) is 68.5 Å². The summed E-state index contributed by atoms with van der Waals surface area (Å²) < 4.78 is 7.36. The van der Waals surface area contributed by atoms with E-state index in [0.29, 0.717) is 19.0 Å². The Balaban J connectivity index is 1.59. The predicted octanol–water partition coefficient (Wildman–Crippen LogP) is 2.05. The smallest absolute Gasteiger partial charge is 0.226 e. The fourth-order valence-electron chi connectivity index (χ4n) is 2.11. The number of rotatable bonds is 6. The second kappa shape index (κ2) is 6.57. The van der Waals surface area contributed by atoms with Gasteiger partial charge < -0.3 is 10.1 Å². The Morgan fingerprint density at radius 1 is 1.50 bits per heavy atom. The molecule has 0 fully saturated rings. The average Bonchev–Trinajstić information content (AvgIpc) is 3.08. The summed E-state index contributed by atoms with van der Waals surface area (Å²) in [5.74, 6) is 0.491. The van der Waals surface area contributed by atoms with E-state index in [2.05, 4.69) is 15.3 Å². The highest BCUT2D eigenvalue weighted by molar-refractivity contribution is 7.15. The predicted molar refractivity (Wildman–Crippen MR) is 84.0 cm³/mol. The summed E-state index contributed by atoms with van der Waals surface area (Å²) in [4.78, 5) is 21.5. The minimum absolute atomic E-state index is 0.0722. The van der Waals surface area contributed by atoms with E-state index < -0.39 is 0 Å². The molecule has 0 saturated heterocycles. The van der Waals surface area contributed by atoms with Gasteiger partial charge in [-0.15, -0.1) is 11.3 Å². The fraction of sp³-hybridized carbons (Fsp3) is 0.267. The number of fused-ring (bicyclic) bond motifs is 1. The van der Waals surface area contributed by atoms with Gasteiger partial charge >= 0.3 is 0 Å². The van der Waals surface area contributed by atoms with Crippen molar-refractivity contribution in [3.63, 3.8) is 0 Å². The lowest BCUT2D eigenvalue weighted by atomic mass is 10.2. The van der Waals surface area contributed by atoms with E-state index in [1.807, 2.05) is 41.2 Å². The Hall–Kier alpha value is -2.41. The Bertz CT molecular complexity index is 752. The molecule has 0 aliphatic heterocycles. The summed E-state index contributed by atoms with van der Waals surface area (Å²) >= 11 is 1.55. The van der Waals surface area contributed by atoms with E-state index >= 15 is 0 Å². The van der Waals surface area contributed by atoms with Crippen LogP contribution in [-0.4, -0.2) is 26.9 Å². The lowest BCUT2D eigenvalue weighted by Crippen LogP contribution is -2.25. The van der Waals surface area contributed by atoms with Crippen molar-refractivity contribution in [2.24, 2.45) is 0 Å². The van der Waals surface area contributed by atoms with Crippen molar-refractivity contribution in [3.8, 4) is 5.88 Å². The van der Waals surface area contributed by atoms with Crippen molar-refractivity contribution in [1.82, 2.24) is 19.7 Å². The lowest BCUT2D eigenvalue weighted by molar-refractivity contribution is -0.120. The van der Waals surface area contributed by atoms with Crippen LogP contribution in [0, 0.1) is 0 Å². The monoisotopic (exact) mass is 316 g/mol. The molecule has 3 aromatic heterocycles. The highest BCUT2D eigenvalue weighted by Gasteiger charge is 2.10. The van der Waals surface area contributed by atoms with Gasteiger partial charge in [-0.2, -0.15) is 0 Å². The molecule has 7 heteroatoms. The number of imidazole rings is 1. The summed E-state index contributed by atoms with van der Waals surface area (Å²) in [5.41, 5.74) is 1.63. The molecule has 22 heavy (non-hydrogen) atoms. The highest BCUT2D eigenvalue weighted by atomic mass is 32.1. The maximum atomic E-state index is 12.0. The van der Waals surface area contributed by atoms with Crippen molar-refractivity contribution in [1.29, 1.82) is 0 Å². The lowest BCUT2D eigenvalue weighted by Gasteiger charge is -2.09. The maximum Gasteiger partial charge on any atom is 0.226 e. The molecule has 0 atom stereocenters. The van der Waals surface area contributed by atoms with E-state index in [9.17, 15) is 4.79 Å². The van der Waals surface area contributed by atoms with Crippen molar-refractivity contribution >= 4 is 22.2 Å². The van der Waals surface area contributed by atoms with Crippen LogP contribution >= 0.6 is 11.3 Å². The van der Waals surface area contributed by atoms with Gasteiger partial charge in [-0.05, 0) is 13.0 Å². The van der Waals surface area contributed by atoms with Crippen molar-refractivity contribution in [3.05, 3.63) is 47.4 Å². The number of aromatic nitrogens is 3. The van der Waals surface area contributed by atoms with Crippen LogP contribution in [0.2, 0.25) is 0 Å². The number of hydrogen-bond acceptors (Lipinski definition) is 5. The fourth-order valence-corrected chi connectivity index (χ4v) is 2.83. The van der Waals surface area contributed by atoms with E-state index in [0.717, 1.165) is 16.2 Å². The first-order valence-corrected chi connectivity index (χ1v) is 7.88. The molecule has 0 aliphatic rings. The first-order valence-electron chi connectivity index (χ1n) is 7.00. The second-order valence-corrected chi connectivity index (χ2v) is 5.55. The third-order valence-corrected chi connectivity index (χ3v) is 3.86. The number of carbonyl (C=O) groups is 1. The zero-order chi connectivity index (χ0) is 15.4. The van der Waals surface area contributed by atoms with Gasteiger partial charge in [0.15, 0.2) is 4.96 Å². The molecule has 3 heterocycles. The SMILES string of the molecule is CCOc1ncccc1CNC(=O)Cc1cn2ccsc2n1. The number of carbonyl (C=O) groups excluding carboxylic acids is 1. The molecule has 0 bridgehead atoms. The average molecular weight is 316 g/mol. The van der Waals surface area contributed by atoms with Crippen LogP contribution in [0.5, 0.6) is 5.88 Å². The zero-order valence-corrected chi connectivity index (χ0v) is 13.0. The molecule has 3 rings (SSSR count). The molecular formula is C15H16N4O2S. The number of nitrogens with zero attached hydrogens (tertiary/aromatic N) is 3. The number of nitrogens with one attached hydrogen (secondary N) is 1. The third-order valence-electron chi connectivity index (χ3n) is 3.09. The van der Waals surface area contributed by atoms with Crippen LogP contribution in [0.4, 0.5) is 0 Å². The van der Waals surface area contributed by atoms with Gasteiger partial charge in [-0.25, -0.2) is 9.97 Å². The van der Waals surface area contributed by atoms with Crippen LogP contribution in [0.3, 0.4) is 0 Å². The standard InChI is InChI=1S/C15H16N4O2S/c1-2-21-14-11(4-3-5-16-14)9-17-13(20)8-12-10-19-6-7-22-15(19)18-12/h3-7,10H,2,8-9H2,1H3,(H,17,20). The van der Waals surface area contributed by atoms with E-state index in [1.54, 1.807) is 17.5 Å². The van der Waals surface area contributed by atoms with E-state index in [-0.39, 0.29) is 12.3 Å². The molecule has 3 aromatic rings. The summed E-state index contributed by atoms with van der Waals surface area (Å²) in [5, 5.41) is 4.84. The molecule has 0 aliphatic carbocycles. The number of thiazole rings is 1. The van der Waals surface area contributed by atoms with Crippen LogP contribution in [0.25, 0.3) is 4.96 Å². The zero-order valence-electron chi connectivity index (χ0n) is 12.2. The molecule has 0 radical (unpaired) electrons. The number of pyridine rings is 1. The Kier molecular flexibility index (Phi) is 4.34. The van der Waals surface area contributed by atoms with Gasteiger partial charge in [-0.1, -0.05) is 6.07 Å². The molecule has 6 nitrogen and oxygen atoms in total. The largest absolute Gasteiger partial charge is 0.478 e. The number of amides is 1. The second-order valence-electron chi connectivity index (χ2n) is 4.68. The van der Waals surface area contributed by atoms with Gasteiger partial charge in [0.25, 0.3) is 0 Å². The van der Waals surface area contributed by atoms with Crippen LogP contribution in [-0.2, 0) is 17.8 Å². The van der Waals surface area contributed by atoms with Gasteiger partial charge in [0.1, 0.15) is 0 Å². The van der Waals surface area contributed by atoms with Gasteiger partial charge in [0, 0.05) is 36.1 Å². The van der Waals surface area contributed by atoms with Crippen LogP contribution in [0.15, 0.2) is 36.1 Å². The van der Waals surface area contributed by atoms with Gasteiger partial charge in [-0.3, -0.25) is 9.20 Å². The molecule has 0 aromatic carbocycles. The maximum absolute atomic E-state index is 12.0. The van der Waals surface area contributed by atoms with Crippen LogP contribution < -0.4 is 10.1 Å². The minimum Gasteiger partial charge on any atom is -0.478 e. The van der Waals surface area contributed by atoms with Crippen molar-refractivity contribution < 1.29 is 9.53 Å². The molecule has 1 N–H and O–H groups in total. The van der Waals surface area contributed by atoms with Gasteiger partial charge in [0.05, 0.1) is 18.7 Å². The number of ether oxygens (including phenoxy) is 1. The minimum atomic E-state index is -0.0722. The first kappa shape index (κ1) is 14.5. The summed E-state index contributed by atoms with van der Waals surface area (Å²) in [7, 11) is 0. The quantitative estimate of drug-likeness (QED) is 0.756. The molecule has 0 saturated carbocycles. The Labute approximate surface area is 131 Å². The number of hydrogen-bond donors (Lipinski definition) is 1.